The van der Waals surface area contributed by atoms with E-state index >= 15 is 0 Å². The topological polar surface area (TPSA) is 47.3 Å². The smallest absolute Gasteiger partial charge is 0.0587 e. The Morgan fingerprint density at radius 2 is 2.50 bits per heavy atom. The molecule has 1 unspecified atom stereocenters. The Kier molecular flexibility index (Phi) is 5.44. The van der Waals surface area contributed by atoms with Crippen molar-refractivity contribution in [1.82, 2.24) is 5.32 Å². The van der Waals surface area contributed by atoms with Gasteiger partial charge in [0.05, 0.1) is 17.7 Å². The van der Waals surface area contributed by atoms with Crippen molar-refractivity contribution in [3.63, 3.8) is 0 Å². The highest BCUT2D eigenvalue weighted by Crippen LogP contribution is 2.24. The number of rotatable bonds is 6. The van der Waals surface area contributed by atoms with Gasteiger partial charge in [-0.2, -0.15) is 0 Å². The predicted octanol–water partition coefficient (Wildman–Crippen LogP) is 1.64. The first kappa shape index (κ1) is 11.9. The molecule has 0 aromatic carbocycles. The number of nitrogens with one attached hydrogen (secondary N) is 1. The molecule has 0 aliphatic carbocycles. The Morgan fingerprint density at radius 1 is 1.71 bits per heavy atom. The van der Waals surface area contributed by atoms with Crippen LogP contribution in [0.2, 0.25) is 5.02 Å². The van der Waals surface area contributed by atoms with Gasteiger partial charge in [0.25, 0.3) is 0 Å². The van der Waals surface area contributed by atoms with Crippen LogP contribution in [0.1, 0.15) is 10.9 Å². The summed E-state index contributed by atoms with van der Waals surface area (Å²) in [6, 6.07) is 2.13. The van der Waals surface area contributed by atoms with Gasteiger partial charge in [0.1, 0.15) is 0 Å². The number of ether oxygens (including phenoxy) is 1. The zero-order valence-corrected chi connectivity index (χ0v) is 9.70. The lowest BCUT2D eigenvalue weighted by Gasteiger charge is -2.14. The number of methoxy groups -OCH3 is 1. The van der Waals surface area contributed by atoms with Gasteiger partial charge >= 0.3 is 0 Å². The van der Waals surface area contributed by atoms with E-state index in [9.17, 15) is 0 Å². The Bertz CT molecular complexity index is 267. The van der Waals surface area contributed by atoms with E-state index in [1.807, 2.05) is 11.4 Å². The highest BCUT2D eigenvalue weighted by molar-refractivity contribution is 7.10. The minimum atomic E-state index is 0.183. The van der Waals surface area contributed by atoms with Crippen LogP contribution < -0.4 is 11.1 Å². The zero-order valence-electron chi connectivity index (χ0n) is 8.13. The van der Waals surface area contributed by atoms with E-state index < -0.39 is 0 Å². The van der Waals surface area contributed by atoms with Gasteiger partial charge in [0.15, 0.2) is 0 Å². The van der Waals surface area contributed by atoms with E-state index in [1.54, 1.807) is 18.4 Å². The van der Waals surface area contributed by atoms with Gasteiger partial charge in [-0.05, 0) is 6.07 Å². The molecule has 80 valence electrons. The minimum Gasteiger partial charge on any atom is -0.383 e. The van der Waals surface area contributed by atoms with Crippen molar-refractivity contribution in [1.29, 1.82) is 0 Å². The van der Waals surface area contributed by atoms with Gasteiger partial charge in [0, 0.05) is 30.5 Å². The summed E-state index contributed by atoms with van der Waals surface area (Å²) in [5, 5.41) is 5.99. The molecule has 3 nitrogen and oxygen atoms in total. The molecular formula is C9H15ClN2OS. The molecule has 0 bridgehead atoms. The number of halogens is 1. The van der Waals surface area contributed by atoms with Gasteiger partial charge in [-0.3, -0.25) is 0 Å². The molecule has 14 heavy (non-hydrogen) atoms. The third-order valence-corrected chi connectivity index (χ3v) is 3.26. The Labute approximate surface area is 93.2 Å². The first-order chi connectivity index (χ1) is 6.77. The average molecular weight is 235 g/mol. The highest BCUT2D eigenvalue weighted by atomic mass is 35.5. The van der Waals surface area contributed by atoms with Crippen LogP contribution in [0.3, 0.4) is 0 Å². The molecular weight excluding hydrogens is 220 g/mol. The van der Waals surface area contributed by atoms with Crippen molar-refractivity contribution in [2.45, 2.75) is 6.04 Å². The summed E-state index contributed by atoms with van der Waals surface area (Å²) < 4.78 is 4.95. The number of nitrogens with two attached hydrogens (primary N) is 1. The van der Waals surface area contributed by atoms with E-state index in [0.29, 0.717) is 13.2 Å². The van der Waals surface area contributed by atoms with Gasteiger partial charge in [-0.15, -0.1) is 11.3 Å². The minimum absolute atomic E-state index is 0.183. The molecule has 1 rings (SSSR count). The van der Waals surface area contributed by atoms with Crippen molar-refractivity contribution in [3.05, 3.63) is 21.3 Å². The molecule has 0 amide bonds. The molecule has 0 radical (unpaired) electrons. The van der Waals surface area contributed by atoms with Crippen molar-refractivity contribution in [2.75, 3.05) is 26.8 Å². The highest BCUT2D eigenvalue weighted by Gasteiger charge is 2.10. The molecule has 0 spiro atoms. The molecule has 0 saturated carbocycles. The second kappa shape index (κ2) is 6.37. The standard InChI is InChI=1S/C9H15ClN2OS/c1-13-3-2-12-8(5-11)9-4-7(10)6-14-9/h4,6,8,12H,2-3,5,11H2,1H3. The molecule has 5 heteroatoms. The molecule has 1 aromatic heterocycles. The van der Waals surface area contributed by atoms with Crippen LogP contribution in [0.5, 0.6) is 0 Å². The Hall–Kier alpha value is -0.130. The van der Waals surface area contributed by atoms with Crippen molar-refractivity contribution in [2.24, 2.45) is 5.73 Å². The summed E-state index contributed by atoms with van der Waals surface area (Å²) in [4.78, 5) is 1.17. The van der Waals surface area contributed by atoms with Crippen LogP contribution >= 0.6 is 22.9 Å². The molecule has 0 saturated heterocycles. The second-order valence-electron chi connectivity index (χ2n) is 2.90. The largest absolute Gasteiger partial charge is 0.383 e. The maximum absolute atomic E-state index is 5.84. The summed E-state index contributed by atoms with van der Waals surface area (Å²) >= 11 is 7.46. The van der Waals surface area contributed by atoms with Crippen LogP contribution in [-0.2, 0) is 4.74 Å². The summed E-state index contributed by atoms with van der Waals surface area (Å²) in [7, 11) is 1.68. The van der Waals surface area contributed by atoms with E-state index in [4.69, 9.17) is 22.1 Å². The normalized spacial score (nSPS) is 13.1. The molecule has 1 atom stereocenters. The Balaban J connectivity index is 2.45. The quantitative estimate of drug-likeness (QED) is 0.736. The lowest BCUT2D eigenvalue weighted by molar-refractivity contribution is 0.196. The number of hydrogen-bond acceptors (Lipinski definition) is 4. The van der Waals surface area contributed by atoms with Crippen LogP contribution in [0.4, 0.5) is 0 Å². The molecule has 0 aliphatic rings. The summed E-state index contributed by atoms with van der Waals surface area (Å²) in [5.74, 6) is 0. The number of hydrogen-bond donors (Lipinski definition) is 2. The second-order valence-corrected chi connectivity index (χ2v) is 4.28. The van der Waals surface area contributed by atoms with Gasteiger partial charge in [0.2, 0.25) is 0 Å². The fraction of sp³-hybridized carbons (Fsp3) is 0.556. The van der Waals surface area contributed by atoms with E-state index in [1.165, 1.54) is 4.88 Å². The zero-order chi connectivity index (χ0) is 10.4. The fourth-order valence-electron chi connectivity index (χ4n) is 1.15. The monoisotopic (exact) mass is 234 g/mol. The average Bonchev–Trinajstić information content (AvgIpc) is 2.60. The number of thiophene rings is 1. The SMILES string of the molecule is COCCNC(CN)c1cc(Cl)cs1. The van der Waals surface area contributed by atoms with Crippen LogP contribution in [0, 0.1) is 0 Å². The van der Waals surface area contributed by atoms with Crippen molar-refractivity contribution < 1.29 is 4.74 Å². The maximum Gasteiger partial charge on any atom is 0.0587 e. The van der Waals surface area contributed by atoms with Gasteiger partial charge in [-0.1, -0.05) is 11.6 Å². The van der Waals surface area contributed by atoms with Crippen LogP contribution in [-0.4, -0.2) is 26.8 Å². The molecule has 0 fully saturated rings. The molecule has 3 N–H and O–H groups in total. The maximum atomic E-state index is 5.84. The third-order valence-electron chi connectivity index (χ3n) is 1.86. The fourth-order valence-corrected chi connectivity index (χ4v) is 2.32. The molecule has 0 aliphatic heterocycles. The molecule has 1 aromatic rings. The van der Waals surface area contributed by atoms with E-state index in [-0.39, 0.29) is 6.04 Å². The van der Waals surface area contributed by atoms with Gasteiger partial charge < -0.3 is 15.8 Å². The van der Waals surface area contributed by atoms with E-state index in [0.717, 1.165) is 11.6 Å². The lowest BCUT2D eigenvalue weighted by atomic mass is 10.2. The third kappa shape index (κ3) is 3.55. The van der Waals surface area contributed by atoms with Crippen molar-refractivity contribution >= 4 is 22.9 Å². The first-order valence-electron chi connectivity index (χ1n) is 4.44. The Morgan fingerprint density at radius 3 is 3.00 bits per heavy atom. The van der Waals surface area contributed by atoms with Crippen LogP contribution in [0.25, 0.3) is 0 Å². The van der Waals surface area contributed by atoms with E-state index in [2.05, 4.69) is 5.32 Å². The van der Waals surface area contributed by atoms with Crippen LogP contribution in [0.15, 0.2) is 11.4 Å². The summed E-state index contributed by atoms with van der Waals surface area (Å²) in [6.45, 7) is 2.06. The lowest BCUT2D eigenvalue weighted by Crippen LogP contribution is -2.30. The summed E-state index contributed by atoms with van der Waals surface area (Å²) in [5.41, 5.74) is 5.66. The predicted molar refractivity (Wildman–Crippen MR) is 61.0 cm³/mol. The summed E-state index contributed by atoms with van der Waals surface area (Å²) in [6.07, 6.45) is 0. The van der Waals surface area contributed by atoms with Crippen molar-refractivity contribution in [3.8, 4) is 0 Å². The first-order valence-corrected chi connectivity index (χ1v) is 5.70. The van der Waals surface area contributed by atoms with Gasteiger partial charge in [-0.25, -0.2) is 0 Å². The molecule has 1 heterocycles.